The highest BCUT2D eigenvalue weighted by molar-refractivity contribution is 6.30. The van der Waals surface area contributed by atoms with Crippen LogP contribution in [0.25, 0.3) is 0 Å². The van der Waals surface area contributed by atoms with E-state index < -0.39 is 11.7 Å². The number of nitrogens with one attached hydrogen (secondary N) is 1. The Balaban J connectivity index is 0.00000169. The predicted molar refractivity (Wildman–Crippen MR) is 102 cm³/mol. The molecule has 0 saturated carbocycles. The first-order valence-electron chi connectivity index (χ1n) is 8.35. The minimum Gasteiger partial charge on any atom is -0.381 e. The van der Waals surface area contributed by atoms with Gasteiger partial charge in [0.25, 0.3) is 0 Å². The van der Waals surface area contributed by atoms with Crippen LogP contribution in [0.1, 0.15) is 30.0 Å². The second-order valence-corrected chi connectivity index (χ2v) is 6.89. The molecule has 0 aromatic heterocycles. The summed E-state index contributed by atoms with van der Waals surface area (Å²) in [7, 11) is 0. The summed E-state index contributed by atoms with van der Waals surface area (Å²) in [6.07, 6.45) is -2.66. The molecule has 1 N–H and O–H groups in total. The molecule has 0 bridgehead atoms. The van der Waals surface area contributed by atoms with Crippen LogP contribution in [0.3, 0.4) is 0 Å². The van der Waals surface area contributed by atoms with Gasteiger partial charge in [-0.25, -0.2) is 0 Å². The second kappa shape index (κ2) is 10.3. The molecule has 1 atom stereocenters. The van der Waals surface area contributed by atoms with Crippen molar-refractivity contribution in [3.63, 3.8) is 0 Å². The second-order valence-electron chi connectivity index (χ2n) is 6.45. The highest BCUT2D eigenvalue weighted by atomic mass is 35.5. The Morgan fingerprint density at radius 1 is 1.08 bits per heavy atom. The Morgan fingerprint density at radius 3 is 2.27 bits per heavy atom. The van der Waals surface area contributed by atoms with Gasteiger partial charge in [0.05, 0.1) is 5.56 Å². The SMILES string of the molecule is Cl.Cl.FC(F)(F)c1cc(Cl)cc([C@H](C2CCOCC2)N2CCNCC2)c1. The van der Waals surface area contributed by atoms with E-state index in [1.54, 1.807) is 6.07 Å². The molecule has 1 aromatic rings. The van der Waals surface area contributed by atoms with Gasteiger partial charge in [0.15, 0.2) is 0 Å². The van der Waals surface area contributed by atoms with E-state index in [1.165, 1.54) is 6.07 Å². The molecule has 26 heavy (non-hydrogen) atoms. The third-order valence-electron chi connectivity index (χ3n) is 4.85. The molecule has 0 spiro atoms. The van der Waals surface area contributed by atoms with Crippen molar-refractivity contribution in [2.24, 2.45) is 5.92 Å². The number of halogens is 6. The fraction of sp³-hybridized carbons (Fsp3) is 0.647. The molecule has 0 aliphatic carbocycles. The third kappa shape index (κ3) is 5.88. The Morgan fingerprint density at radius 2 is 1.69 bits per heavy atom. The van der Waals surface area contributed by atoms with E-state index in [1.807, 2.05) is 0 Å². The molecular formula is C17H24Cl3F3N2O. The van der Waals surface area contributed by atoms with Crippen molar-refractivity contribution in [2.45, 2.75) is 25.1 Å². The molecule has 9 heteroatoms. The van der Waals surface area contributed by atoms with Crippen LogP contribution in [-0.4, -0.2) is 44.3 Å². The van der Waals surface area contributed by atoms with Crippen LogP contribution in [0.2, 0.25) is 5.02 Å². The Bertz CT molecular complexity index is 545. The zero-order valence-electron chi connectivity index (χ0n) is 14.2. The normalized spacial score (nSPS) is 20.8. The van der Waals surface area contributed by atoms with Crippen LogP contribution in [0, 0.1) is 5.92 Å². The maximum Gasteiger partial charge on any atom is 0.416 e. The van der Waals surface area contributed by atoms with Crippen molar-refractivity contribution in [3.05, 3.63) is 34.3 Å². The number of nitrogens with zero attached hydrogens (tertiary/aromatic N) is 1. The Hall–Kier alpha value is -0.240. The largest absolute Gasteiger partial charge is 0.416 e. The van der Waals surface area contributed by atoms with E-state index in [0.29, 0.717) is 18.8 Å². The molecule has 3 nitrogen and oxygen atoms in total. The average molecular weight is 436 g/mol. The molecule has 0 unspecified atom stereocenters. The lowest BCUT2D eigenvalue weighted by molar-refractivity contribution is -0.137. The van der Waals surface area contributed by atoms with Gasteiger partial charge in [0.1, 0.15) is 0 Å². The van der Waals surface area contributed by atoms with E-state index in [4.69, 9.17) is 16.3 Å². The van der Waals surface area contributed by atoms with Crippen molar-refractivity contribution >= 4 is 36.4 Å². The van der Waals surface area contributed by atoms with Gasteiger partial charge in [-0.05, 0) is 42.5 Å². The van der Waals surface area contributed by atoms with E-state index in [9.17, 15) is 13.2 Å². The number of hydrogen-bond donors (Lipinski definition) is 1. The first kappa shape index (κ1) is 23.8. The summed E-state index contributed by atoms with van der Waals surface area (Å²) < 4.78 is 45.0. The van der Waals surface area contributed by atoms with Crippen molar-refractivity contribution in [1.29, 1.82) is 0 Å². The topological polar surface area (TPSA) is 24.5 Å². The molecule has 2 saturated heterocycles. The van der Waals surface area contributed by atoms with Gasteiger partial charge in [-0.15, -0.1) is 24.8 Å². The number of rotatable bonds is 3. The molecule has 0 amide bonds. The number of alkyl halides is 3. The van der Waals surface area contributed by atoms with Gasteiger partial charge in [-0.2, -0.15) is 13.2 Å². The summed E-state index contributed by atoms with van der Waals surface area (Å²) in [6, 6.07) is 3.92. The highest BCUT2D eigenvalue weighted by Gasteiger charge is 2.35. The summed E-state index contributed by atoms with van der Waals surface area (Å²) in [6.45, 7) is 4.70. The predicted octanol–water partition coefficient (Wildman–Crippen LogP) is 4.58. The lowest BCUT2D eigenvalue weighted by Gasteiger charge is -2.41. The van der Waals surface area contributed by atoms with Crippen molar-refractivity contribution in [2.75, 3.05) is 39.4 Å². The van der Waals surface area contributed by atoms with E-state index >= 15 is 0 Å². The molecule has 0 radical (unpaired) electrons. The van der Waals surface area contributed by atoms with Gasteiger partial charge in [0, 0.05) is 50.5 Å². The van der Waals surface area contributed by atoms with Crippen LogP contribution in [-0.2, 0) is 10.9 Å². The number of piperazine rings is 1. The summed E-state index contributed by atoms with van der Waals surface area (Å²) in [5, 5.41) is 3.44. The van der Waals surface area contributed by atoms with Crippen LogP contribution in [0.15, 0.2) is 18.2 Å². The maximum absolute atomic E-state index is 13.2. The van der Waals surface area contributed by atoms with Crippen molar-refractivity contribution in [3.8, 4) is 0 Å². The molecule has 150 valence electrons. The smallest absolute Gasteiger partial charge is 0.381 e. The maximum atomic E-state index is 13.2. The minimum absolute atomic E-state index is 0. The van der Waals surface area contributed by atoms with Gasteiger partial charge in [-0.1, -0.05) is 11.6 Å². The summed E-state index contributed by atoms with van der Waals surface area (Å²) in [4.78, 5) is 2.29. The monoisotopic (exact) mass is 434 g/mol. The Kier molecular flexibility index (Phi) is 9.47. The van der Waals surface area contributed by atoms with Crippen LogP contribution < -0.4 is 5.32 Å². The number of ether oxygens (including phenoxy) is 1. The molecule has 2 aliphatic heterocycles. The first-order chi connectivity index (χ1) is 11.4. The summed E-state index contributed by atoms with van der Waals surface area (Å²) in [5.74, 6) is 0.288. The quantitative estimate of drug-likeness (QED) is 0.752. The zero-order chi connectivity index (χ0) is 17.2. The van der Waals surface area contributed by atoms with Crippen molar-refractivity contribution < 1.29 is 17.9 Å². The molecule has 3 rings (SSSR count). The molecule has 2 heterocycles. The highest BCUT2D eigenvalue weighted by Crippen LogP contribution is 2.39. The van der Waals surface area contributed by atoms with Crippen LogP contribution in [0.4, 0.5) is 13.2 Å². The lowest BCUT2D eigenvalue weighted by atomic mass is 9.85. The first-order valence-corrected chi connectivity index (χ1v) is 8.73. The van der Waals surface area contributed by atoms with Crippen LogP contribution >= 0.6 is 36.4 Å². The fourth-order valence-corrected chi connectivity index (χ4v) is 3.96. The van der Waals surface area contributed by atoms with E-state index in [-0.39, 0.29) is 41.8 Å². The van der Waals surface area contributed by atoms with Gasteiger partial charge in [0.2, 0.25) is 0 Å². The number of hydrogen-bond acceptors (Lipinski definition) is 3. The average Bonchev–Trinajstić information content (AvgIpc) is 2.56. The number of benzene rings is 1. The standard InChI is InChI=1S/C17H22ClF3N2O.2ClH/c18-15-10-13(9-14(11-15)17(19,20)21)16(12-1-7-24-8-2-12)23-5-3-22-4-6-23;;/h9-12,16,22H,1-8H2;2*1H/t16-;;/m0../s1. The molecule has 2 fully saturated rings. The van der Waals surface area contributed by atoms with Crippen LogP contribution in [0.5, 0.6) is 0 Å². The summed E-state index contributed by atoms with van der Waals surface area (Å²) in [5.41, 5.74) is 0.000758. The van der Waals surface area contributed by atoms with E-state index in [0.717, 1.165) is 45.1 Å². The lowest BCUT2D eigenvalue weighted by Crippen LogP contribution is -2.47. The molecule has 1 aromatic carbocycles. The summed E-state index contributed by atoms with van der Waals surface area (Å²) >= 11 is 6.02. The zero-order valence-corrected chi connectivity index (χ0v) is 16.6. The van der Waals surface area contributed by atoms with E-state index in [2.05, 4.69) is 10.2 Å². The minimum atomic E-state index is -4.39. The van der Waals surface area contributed by atoms with Crippen molar-refractivity contribution in [1.82, 2.24) is 10.2 Å². The van der Waals surface area contributed by atoms with Gasteiger partial charge in [-0.3, -0.25) is 4.90 Å². The Labute approximate surface area is 169 Å². The molecule has 2 aliphatic rings. The van der Waals surface area contributed by atoms with Gasteiger partial charge < -0.3 is 10.1 Å². The van der Waals surface area contributed by atoms with Gasteiger partial charge >= 0.3 is 6.18 Å². The third-order valence-corrected chi connectivity index (χ3v) is 5.06. The fourth-order valence-electron chi connectivity index (χ4n) is 3.72. The molecular weight excluding hydrogens is 412 g/mol.